The summed E-state index contributed by atoms with van der Waals surface area (Å²) in [5.41, 5.74) is 0.971. The van der Waals surface area contributed by atoms with Crippen molar-refractivity contribution in [2.45, 2.75) is 19.4 Å². The molecule has 0 aliphatic heterocycles. The summed E-state index contributed by atoms with van der Waals surface area (Å²) in [4.78, 5) is 0. The number of anilines is 1. The maximum Gasteiger partial charge on any atom is 0.129 e. The normalized spacial score (nSPS) is 11.4. The van der Waals surface area contributed by atoms with Gasteiger partial charge in [0.05, 0.1) is 6.04 Å². The Morgan fingerprint density at radius 3 is 2.53 bits per heavy atom. The molecule has 2 aromatic rings. The van der Waals surface area contributed by atoms with Gasteiger partial charge in [-0.15, -0.1) is 6.42 Å². The van der Waals surface area contributed by atoms with Crippen molar-refractivity contribution >= 4 is 5.69 Å². The second-order valence-corrected chi connectivity index (χ2v) is 4.21. The van der Waals surface area contributed by atoms with Crippen LogP contribution in [0.3, 0.4) is 0 Å². The van der Waals surface area contributed by atoms with Crippen molar-refractivity contribution in [3.8, 4) is 23.8 Å². The first-order valence-electron chi connectivity index (χ1n) is 6.37. The van der Waals surface area contributed by atoms with E-state index in [0.717, 1.165) is 23.6 Å². The van der Waals surface area contributed by atoms with Crippen LogP contribution in [0.1, 0.15) is 13.3 Å². The lowest BCUT2D eigenvalue weighted by atomic mass is 10.2. The summed E-state index contributed by atoms with van der Waals surface area (Å²) >= 11 is 0. The third kappa shape index (κ3) is 3.79. The van der Waals surface area contributed by atoms with E-state index in [4.69, 9.17) is 11.2 Å². The molecule has 2 rings (SSSR count). The second-order valence-electron chi connectivity index (χ2n) is 4.21. The average Bonchev–Trinajstić information content (AvgIpc) is 2.46. The number of ether oxygens (including phenoxy) is 1. The number of hydrogen-bond acceptors (Lipinski definition) is 2. The molecule has 2 nitrogen and oxygen atoms in total. The molecule has 0 amide bonds. The molecule has 0 bridgehead atoms. The van der Waals surface area contributed by atoms with Crippen molar-refractivity contribution in [2.75, 3.05) is 5.32 Å². The highest BCUT2D eigenvalue weighted by atomic mass is 16.5. The van der Waals surface area contributed by atoms with Gasteiger partial charge < -0.3 is 10.1 Å². The molecule has 0 spiro atoms. The van der Waals surface area contributed by atoms with E-state index < -0.39 is 0 Å². The van der Waals surface area contributed by atoms with Crippen LogP contribution in [0, 0.1) is 12.3 Å². The molecule has 0 aromatic heterocycles. The Kier molecular flexibility index (Phi) is 4.47. The number of terminal acetylenes is 1. The molecule has 1 N–H and O–H groups in total. The number of hydrogen-bond donors (Lipinski definition) is 1. The van der Waals surface area contributed by atoms with Gasteiger partial charge in [-0.05, 0) is 30.7 Å². The van der Waals surface area contributed by atoms with Crippen LogP contribution in [0.2, 0.25) is 0 Å². The highest BCUT2D eigenvalue weighted by Gasteiger charge is 2.03. The van der Waals surface area contributed by atoms with Crippen LogP contribution in [0.5, 0.6) is 11.5 Å². The lowest BCUT2D eigenvalue weighted by molar-refractivity contribution is 0.483. The highest BCUT2D eigenvalue weighted by molar-refractivity contribution is 5.50. The molecule has 19 heavy (non-hydrogen) atoms. The van der Waals surface area contributed by atoms with E-state index in [1.54, 1.807) is 0 Å². The third-order valence-corrected chi connectivity index (χ3v) is 2.76. The van der Waals surface area contributed by atoms with Crippen LogP contribution in [0.15, 0.2) is 54.6 Å². The van der Waals surface area contributed by atoms with Gasteiger partial charge in [-0.25, -0.2) is 0 Å². The lowest BCUT2D eigenvalue weighted by Gasteiger charge is -2.13. The average molecular weight is 251 g/mol. The summed E-state index contributed by atoms with van der Waals surface area (Å²) in [5.74, 6) is 4.33. The molecule has 0 saturated carbocycles. The summed E-state index contributed by atoms with van der Waals surface area (Å²) in [6.45, 7) is 2.06. The van der Waals surface area contributed by atoms with Crippen LogP contribution in [-0.2, 0) is 0 Å². The Morgan fingerprint density at radius 2 is 1.84 bits per heavy atom. The fraction of sp³-hybridized carbons (Fsp3) is 0.176. The lowest BCUT2D eigenvalue weighted by Crippen LogP contribution is -2.15. The standard InChI is InChI=1S/C17H17NO/c1-3-14(4-2)18-15-9-8-12-17(13-15)19-16-10-6-5-7-11-16/h1,5-14,18H,4H2,2H3. The van der Waals surface area contributed by atoms with Gasteiger partial charge in [0.25, 0.3) is 0 Å². The van der Waals surface area contributed by atoms with Gasteiger partial charge in [0, 0.05) is 11.8 Å². The molecule has 2 heteroatoms. The van der Waals surface area contributed by atoms with E-state index in [0.29, 0.717) is 0 Å². The zero-order chi connectivity index (χ0) is 13.5. The molecule has 0 radical (unpaired) electrons. The fourth-order valence-corrected chi connectivity index (χ4v) is 1.74. The Bertz CT molecular complexity index is 557. The van der Waals surface area contributed by atoms with Crippen molar-refractivity contribution in [1.29, 1.82) is 0 Å². The maximum absolute atomic E-state index is 5.78. The topological polar surface area (TPSA) is 21.3 Å². The van der Waals surface area contributed by atoms with E-state index in [1.807, 2.05) is 54.6 Å². The zero-order valence-corrected chi connectivity index (χ0v) is 11.0. The summed E-state index contributed by atoms with van der Waals surface area (Å²) < 4.78 is 5.78. The fourth-order valence-electron chi connectivity index (χ4n) is 1.74. The van der Waals surface area contributed by atoms with Gasteiger partial charge in [0.15, 0.2) is 0 Å². The van der Waals surface area contributed by atoms with Gasteiger partial charge >= 0.3 is 0 Å². The van der Waals surface area contributed by atoms with E-state index in [9.17, 15) is 0 Å². The Hall–Kier alpha value is -2.40. The first-order valence-corrected chi connectivity index (χ1v) is 6.37. The van der Waals surface area contributed by atoms with Gasteiger partial charge in [0.1, 0.15) is 11.5 Å². The van der Waals surface area contributed by atoms with Crippen LogP contribution in [0.4, 0.5) is 5.69 Å². The van der Waals surface area contributed by atoms with E-state index in [-0.39, 0.29) is 6.04 Å². The van der Waals surface area contributed by atoms with Gasteiger partial charge in [0.2, 0.25) is 0 Å². The Labute approximate surface area is 114 Å². The van der Waals surface area contributed by atoms with E-state index in [1.165, 1.54) is 0 Å². The van der Waals surface area contributed by atoms with Crippen molar-refractivity contribution in [3.63, 3.8) is 0 Å². The largest absolute Gasteiger partial charge is 0.457 e. The highest BCUT2D eigenvalue weighted by Crippen LogP contribution is 2.24. The van der Waals surface area contributed by atoms with Gasteiger partial charge in [-0.3, -0.25) is 0 Å². The molecule has 96 valence electrons. The third-order valence-electron chi connectivity index (χ3n) is 2.76. The van der Waals surface area contributed by atoms with Crippen molar-refractivity contribution in [2.24, 2.45) is 0 Å². The molecule has 0 saturated heterocycles. The summed E-state index contributed by atoms with van der Waals surface area (Å²) in [6, 6.07) is 17.6. The molecule has 1 atom stereocenters. The smallest absolute Gasteiger partial charge is 0.129 e. The summed E-state index contributed by atoms with van der Waals surface area (Å²) in [7, 11) is 0. The first kappa shape index (κ1) is 13.0. The van der Waals surface area contributed by atoms with Crippen LogP contribution in [-0.4, -0.2) is 6.04 Å². The van der Waals surface area contributed by atoms with Crippen molar-refractivity contribution < 1.29 is 4.74 Å². The summed E-state index contributed by atoms with van der Waals surface area (Å²) in [5, 5.41) is 3.29. The molecule has 2 aromatic carbocycles. The first-order chi connectivity index (χ1) is 9.31. The molecule has 0 heterocycles. The predicted molar refractivity (Wildman–Crippen MR) is 79.5 cm³/mol. The number of para-hydroxylation sites is 1. The van der Waals surface area contributed by atoms with E-state index >= 15 is 0 Å². The van der Waals surface area contributed by atoms with Crippen LogP contribution < -0.4 is 10.1 Å². The molecule has 0 aliphatic carbocycles. The molecule has 0 aliphatic rings. The predicted octanol–water partition coefficient (Wildman–Crippen LogP) is 4.30. The molecular formula is C17H17NO. The van der Waals surface area contributed by atoms with E-state index in [2.05, 4.69) is 18.2 Å². The monoisotopic (exact) mass is 251 g/mol. The number of nitrogens with one attached hydrogen (secondary N) is 1. The van der Waals surface area contributed by atoms with Crippen molar-refractivity contribution in [3.05, 3.63) is 54.6 Å². The number of rotatable bonds is 5. The quantitative estimate of drug-likeness (QED) is 0.800. The Balaban J connectivity index is 2.09. The summed E-state index contributed by atoms with van der Waals surface area (Å²) in [6.07, 6.45) is 6.34. The second kappa shape index (κ2) is 6.51. The minimum atomic E-state index is 0.0481. The van der Waals surface area contributed by atoms with Gasteiger partial charge in [-0.1, -0.05) is 37.1 Å². The SMILES string of the molecule is C#CC(CC)Nc1cccc(Oc2ccccc2)c1. The zero-order valence-electron chi connectivity index (χ0n) is 11.0. The molecule has 1 unspecified atom stereocenters. The maximum atomic E-state index is 5.78. The Morgan fingerprint density at radius 1 is 1.11 bits per heavy atom. The molecule has 0 fully saturated rings. The van der Waals surface area contributed by atoms with Crippen LogP contribution >= 0.6 is 0 Å². The number of benzene rings is 2. The molecular weight excluding hydrogens is 234 g/mol. The van der Waals surface area contributed by atoms with Gasteiger partial charge in [-0.2, -0.15) is 0 Å². The minimum absolute atomic E-state index is 0.0481. The minimum Gasteiger partial charge on any atom is -0.457 e. The van der Waals surface area contributed by atoms with Crippen molar-refractivity contribution in [1.82, 2.24) is 0 Å². The van der Waals surface area contributed by atoms with Crippen LogP contribution in [0.25, 0.3) is 0 Å².